The molecule has 0 spiro atoms. The van der Waals surface area contributed by atoms with Crippen LogP contribution in [0.3, 0.4) is 0 Å². The van der Waals surface area contributed by atoms with Crippen LogP contribution in [0.1, 0.15) is 36.0 Å². The van der Waals surface area contributed by atoms with E-state index < -0.39 is 5.82 Å². The molecule has 2 rings (SSSR count). The third kappa shape index (κ3) is 3.26. The van der Waals surface area contributed by atoms with Crippen molar-refractivity contribution in [2.45, 2.75) is 31.7 Å². The zero-order valence-electron chi connectivity index (χ0n) is 11.1. The van der Waals surface area contributed by atoms with E-state index in [1.807, 2.05) is 0 Å². The third-order valence-corrected chi connectivity index (χ3v) is 3.56. The van der Waals surface area contributed by atoms with Gasteiger partial charge in [0.2, 0.25) is 0 Å². The average molecular weight is 279 g/mol. The summed E-state index contributed by atoms with van der Waals surface area (Å²) in [5, 5.41) is 11.6. The Balaban J connectivity index is 2.23. The molecule has 0 aromatic heterocycles. The maximum atomic E-state index is 13.2. The van der Waals surface area contributed by atoms with Crippen molar-refractivity contribution in [3.8, 4) is 0 Å². The largest absolute Gasteiger partial charge is 0.409 e. The third-order valence-electron chi connectivity index (χ3n) is 3.56. The number of carbonyl (C=O) groups excluding carboxylic acids is 1. The number of hydrogen-bond acceptors (Lipinski definition) is 3. The monoisotopic (exact) mass is 279 g/mol. The average Bonchev–Trinajstić information content (AvgIpc) is 2.97. The molecule has 0 radical (unpaired) electrons. The molecule has 6 heteroatoms. The second-order valence-corrected chi connectivity index (χ2v) is 4.97. The first kappa shape index (κ1) is 14.3. The van der Waals surface area contributed by atoms with E-state index in [9.17, 15) is 9.18 Å². The van der Waals surface area contributed by atoms with Gasteiger partial charge in [0.1, 0.15) is 5.82 Å². The lowest BCUT2D eigenvalue weighted by Gasteiger charge is -2.28. The van der Waals surface area contributed by atoms with Crippen LogP contribution in [-0.4, -0.2) is 34.4 Å². The lowest BCUT2D eigenvalue weighted by molar-refractivity contribution is 0.0712. The summed E-state index contributed by atoms with van der Waals surface area (Å²) in [6.07, 6.45) is 3.88. The minimum Gasteiger partial charge on any atom is -0.409 e. The van der Waals surface area contributed by atoms with Crippen LogP contribution in [0, 0.1) is 5.82 Å². The molecule has 3 N–H and O–H groups in total. The smallest absolute Gasteiger partial charge is 0.254 e. The number of halogens is 1. The van der Waals surface area contributed by atoms with E-state index in [2.05, 4.69) is 5.16 Å². The number of rotatable bonds is 4. The summed E-state index contributed by atoms with van der Waals surface area (Å²) in [6.45, 7) is 0.0521. The summed E-state index contributed by atoms with van der Waals surface area (Å²) in [5.74, 6) is -0.768. The normalized spacial score (nSPS) is 16.4. The highest BCUT2D eigenvalue weighted by atomic mass is 19.1. The molecule has 1 aliphatic rings. The quantitative estimate of drug-likeness (QED) is 0.383. The van der Waals surface area contributed by atoms with E-state index in [1.165, 1.54) is 18.2 Å². The number of benzene rings is 1. The number of oxime groups is 1. The first-order valence-electron chi connectivity index (χ1n) is 6.64. The van der Waals surface area contributed by atoms with Gasteiger partial charge in [-0.1, -0.05) is 24.1 Å². The number of nitrogens with zero attached hydrogens (tertiary/aromatic N) is 2. The summed E-state index contributed by atoms with van der Waals surface area (Å²) >= 11 is 0. The van der Waals surface area contributed by atoms with Gasteiger partial charge >= 0.3 is 0 Å². The molecule has 0 heterocycles. The SMILES string of the molecule is NC(CN(C(=O)c1cccc(F)c1)C1CCCC1)=NO. The molecule has 0 unspecified atom stereocenters. The number of carbonyl (C=O) groups is 1. The lowest BCUT2D eigenvalue weighted by atomic mass is 10.1. The van der Waals surface area contributed by atoms with E-state index in [4.69, 9.17) is 10.9 Å². The Kier molecular flexibility index (Phi) is 4.55. The van der Waals surface area contributed by atoms with E-state index in [1.54, 1.807) is 11.0 Å². The van der Waals surface area contributed by atoms with Gasteiger partial charge in [0.25, 0.3) is 5.91 Å². The first-order valence-corrected chi connectivity index (χ1v) is 6.64. The fourth-order valence-electron chi connectivity index (χ4n) is 2.58. The molecule has 20 heavy (non-hydrogen) atoms. The second kappa shape index (κ2) is 6.36. The molecular formula is C14H18FN3O2. The Morgan fingerprint density at radius 2 is 2.15 bits per heavy atom. The fraction of sp³-hybridized carbons (Fsp3) is 0.429. The molecule has 1 saturated carbocycles. The van der Waals surface area contributed by atoms with Gasteiger partial charge in [0.05, 0.1) is 6.54 Å². The molecule has 1 fully saturated rings. The van der Waals surface area contributed by atoms with Crippen molar-refractivity contribution in [2.75, 3.05) is 6.54 Å². The molecule has 1 aliphatic carbocycles. The fourth-order valence-corrected chi connectivity index (χ4v) is 2.58. The molecular weight excluding hydrogens is 261 g/mol. The Hall–Kier alpha value is -2.11. The van der Waals surface area contributed by atoms with E-state index >= 15 is 0 Å². The lowest BCUT2D eigenvalue weighted by Crippen LogP contribution is -2.44. The predicted octanol–water partition coefficient (Wildman–Crippen LogP) is 1.96. The maximum absolute atomic E-state index is 13.2. The minimum atomic E-state index is -0.453. The summed E-state index contributed by atoms with van der Waals surface area (Å²) in [7, 11) is 0. The van der Waals surface area contributed by atoms with Crippen molar-refractivity contribution in [3.63, 3.8) is 0 Å². The predicted molar refractivity (Wildman–Crippen MR) is 73.1 cm³/mol. The van der Waals surface area contributed by atoms with Gasteiger partial charge in [-0.25, -0.2) is 4.39 Å². The zero-order chi connectivity index (χ0) is 14.5. The van der Waals surface area contributed by atoms with Crippen LogP contribution >= 0.6 is 0 Å². The highest BCUT2D eigenvalue weighted by Gasteiger charge is 2.28. The van der Waals surface area contributed by atoms with Crippen molar-refractivity contribution >= 4 is 11.7 Å². The van der Waals surface area contributed by atoms with Gasteiger partial charge in [-0.15, -0.1) is 0 Å². The Morgan fingerprint density at radius 1 is 1.45 bits per heavy atom. The molecule has 1 aromatic carbocycles. The van der Waals surface area contributed by atoms with Crippen LogP contribution in [0.15, 0.2) is 29.4 Å². The first-order chi connectivity index (χ1) is 9.61. The summed E-state index contributed by atoms with van der Waals surface area (Å²) in [5.41, 5.74) is 5.80. The Labute approximate surface area is 116 Å². The Morgan fingerprint density at radius 3 is 2.75 bits per heavy atom. The topological polar surface area (TPSA) is 78.9 Å². The number of amidine groups is 1. The van der Waals surface area contributed by atoms with Gasteiger partial charge in [-0.2, -0.15) is 0 Å². The molecule has 5 nitrogen and oxygen atoms in total. The number of nitrogens with two attached hydrogens (primary N) is 1. The van der Waals surface area contributed by atoms with Crippen molar-refractivity contribution in [2.24, 2.45) is 10.9 Å². The van der Waals surface area contributed by atoms with E-state index in [0.717, 1.165) is 25.7 Å². The van der Waals surface area contributed by atoms with Crippen LogP contribution < -0.4 is 5.73 Å². The van der Waals surface area contributed by atoms with Crippen molar-refractivity contribution in [3.05, 3.63) is 35.6 Å². The van der Waals surface area contributed by atoms with E-state index in [-0.39, 0.29) is 29.9 Å². The van der Waals surface area contributed by atoms with Gasteiger partial charge in [0.15, 0.2) is 5.84 Å². The molecule has 0 atom stereocenters. The van der Waals surface area contributed by atoms with Crippen LogP contribution in [0.25, 0.3) is 0 Å². The summed E-state index contributed by atoms with van der Waals surface area (Å²) in [4.78, 5) is 14.1. The molecule has 0 bridgehead atoms. The van der Waals surface area contributed by atoms with Gasteiger partial charge in [-0.05, 0) is 31.0 Å². The highest BCUT2D eigenvalue weighted by molar-refractivity contribution is 5.97. The molecule has 1 amide bonds. The Bertz CT molecular complexity index is 513. The maximum Gasteiger partial charge on any atom is 0.254 e. The van der Waals surface area contributed by atoms with Gasteiger partial charge < -0.3 is 15.8 Å². The second-order valence-electron chi connectivity index (χ2n) is 4.97. The molecule has 108 valence electrons. The van der Waals surface area contributed by atoms with Crippen molar-refractivity contribution in [1.29, 1.82) is 0 Å². The van der Waals surface area contributed by atoms with E-state index in [0.29, 0.717) is 0 Å². The highest BCUT2D eigenvalue weighted by Crippen LogP contribution is 2.25. The van der Waals surface area contributed by atoms with Gasteiger partial charge in [0, 0.05) is 11.6 Å². The minimum absolute atomic E-state index is 0.0262. The van der Waals surface area contributed by atoms with Crippen LogP contribution in [0.5, 0.6) is 0 Å². The van der Waals surface area contributed by atoms with Crippen molar-refractivity contribution < 1.29 is 14.4 Å². The van der Waals surface area contributed by atoms with Crippen LogP contribution in [0.4, 0.5) is 4.39 Å². The van der Waals surface area contributed by atoms with Crippen LogP contribution in [-0.2, 0) is 0 Å². The van der Waals surface area contributed by atoms with Gasteiger partial charge in [-0.3, -0.25) is 4.79 Å². The standard InChI is InChI=1S/C14H18FN3O2/c15-11-5-3-4-10(8-11)14(19)18(9-13(16)17-20)12-6-1-2-7-12/h3-5,8,12,20H,1-2,6-7,9H2,(H2,16,17). The summed E-state index contributed by atoms with van der Waals surface area (Å²) < 4.78 is 13.2. The van der Waals surface area contributed by atoms with Crippen LogP contribution in [0.2, 0.25) is 0 Å². The number of amides is 1. The summed E-state index contributed by atoms with van der Waals surface area (Å²) in [6, 6.07) is 5.63. The molecule has 1 aromatic rings. The molecule has 0 saturated heterocycles. The zero-order valence-corrected chi connectivity index (χ0v) is 11.1. The number of hydrogen-bond donors (Lipinski definition) is 2. The van der Waals surface area contributed by atoms with Crippen molar-refractivity contribution in [1.82, 2.24) is 4.90 Å². The molecule has 0 aliphatic heterocycles.